The first-order chi connectivity index (χ1) is 8.01. The molecule has 1 aliphatic heterocycles. The molecule has 1 rings (SSSR count). The predicted molar refractivity (Wildman–Crippen MR) is 76.0 cm³/mol. The van der Waals surface area contributed by atoms with Crippen LogP contribution in [0.25, 0.3) is 0 Å². The number of carbonyl (C=O) groups is 1. The second kappa shape index (κ2) is 4.84. The fourth-order valence-corrected chi connectivity index (χ4v) is 3.20. The largest absolute Gasteiger partial charge is 0.275 e. The molecule has 1 fully saturated rings. The Balaban J connectivity index is 3.17. The minimum absolute atomic E-state index is 0.00574. The molecule has 1 saturated heterocycles. The molecule has 3 nitrogen and oxygen atoms in total. The zero-order valence-corrected chi connectivity index (χ0v) is 13.4. The molecule has 2 unspecified atom stereocenters. The maximum atomic E-state index is 12.7. The van der Waals surface area contributed by atoms with Crippen LogP contribution >= 0.6 is 0 Å². The van der Waals surface area contributed by atoms with E-state index in [0.29, 0.717) is 5.91 Å². The van der Waals surface area contributed by atoms with Crippen molar-refractivity contribution >= 4 is 5.91 Å². The lowest BCUT2D eigenvalue weighted by molar-refractivity contribution is -0.140. The Morgan fingerprint density at radius 2 is 1.56 bits per heavy atom. The summed E-state index contributed by atoms with van der Waals surface area (Å²) in [5.74, 6) is 0.376. The normalized spacial score (nSPS) is 27.1. The van der Waals surface area contributed by atoms with E-state index >= 15 is 0 Å². The Labute approximate surface area is 112 Å². The summed E-state index contributed by atoms with van der Waals surface area (Å²) in [4.78, 5) is 12.7. The van der Waals surface area contributed by atoms with Gasteiger partial charge in [-0.25, -0.2) is 5.01 Å². The summed E-state index contributed by atoms with van der Waals surface area (Å²) in [6.07, 6.45) is 1.00. The van der Waals surface area contributed by atoms with Gasteiger partial charge in [0.05, 0.1) is 5.92 Å². The van der Waals surface area contributed by atoms with Crippen LogP contribution in [0, 0.1) is 16.7 Å². The summed E-state index contributed by atoms with van der Waals surface area (Å²) >= 11 is 0. The van der Waals surface area contributed by atoms with Gasteiger partial charge in [-0.05, 0) is 17.3 Å². The van der Waals surface area contributed by atoms with Crippen molar-refractivity contribution in [3.8, 4) is 0 Å². The van der Waals surface area contributed by atoms with Gasteiger partial charge in [-0.15, -0.1) is 0 Å². The molecule has 0 radical (unpaired) electrons. The van der Waals surface area contributed by atoms with Crippen LogP contribution in [0.15, 0.2) is 0 Å². The molecule has 0 aromatic heterocycles. The summed E-state index contributed by atoms with van der Waals surface area (Å²) in [6.45, 7) is 16.2. The van der Waals surface area contributed by atoms with Crippen LogP contribution in [0.1, 0.15) is 54.9 Å². The summed E-state index contributed by atoms with van der Waals surface area (Å²) in [6, 6.07) is 0.275. The molecule has 0 aromatic carbocycles. The van der Waals surface area contributed by atoms with E-state index in [1.807, 2.05) is 5.01 Å². The molecule has 1 heterocycles. The van der Waals surface area contributed by atoms with Gasteiger partial charge < -0.3 is 0 Å². The lowest BCUT2D eigenvalue weighted by Gasteiger charge is -2.40. The van der Waals surface area contributed by atoms with Gasteiger partial charge in [0, 0.05) is 19.6 Å². The molecule has 0 aromatic rings. The third-order valence-electron chi connectivity index (χ3n) is 3.88. The van der Waals surface area contributed by atoms with Gasteiger partial charge in [-0.1, -0.05) is 48.5 Å². The highest BCUT2D eigenvalue weighted by atomic mass is 16.2. The Hall–Kier alpha value is -0.570. The van der Waals surface area contributed by atoms with E-state index in [-0.39, 0.29) is 22.8 Å². The maximum absolute atomic E-state index is 12.7. The van der Waals surface area contributed by atoms with Crippen LogP contribution in [0.3, 0.4) is 0 Å². The molecule has 0 N–H and O–H groups in total. The van der Waals surface area contributed by atoms with E-state index in [1.54, 1.807) is 0 Å². The van der Waals surface area contributed by atoms with Gasteiger partial charge in [0.2, 0.25) is 5.91 Å². The topological polar surface area (TPSA) is 23.6 Å². The predicted octanol–water partition coefficient (Wildman–Crippen LogP) is 3.16. The van der Waals surface area contributed by atoms with Crippen molar-refractivity contribution in [2.75, 3.05) is 13.6 Å². The van der Waals surface area contributed by atoms with Crippen LogP contribution in [0.5, 0.6) is 0 Å². The molecule has 0 aliphatic carbocycles. The third kappa shape index (κ3) is 2.71. The smallest absolute Gasteiger partial charge is 0.242 e. The summed E-state index contributed by atoms with van der Waals surface area (Å²) in [7, 11) is 2.06. The Morgan fingerprint density at radius 1 is 1.06 bits per heavy atom. The van der Waals surface area contributed by atoms with Gasteiger partial charge in [-0.2, -0.15) is 0 Å². The van der Waals surface area contributed by atoms with E-state index in [4.69, 9.17) is 0 Å². The summed E-state index contributed by atoms with van der Waals surface area (Å²) < 4.78 is 0. The molecule has 0 spiro atoms. The molecule has 0 saturated carbocycles. The molecule has 106 valence electrons. The van der Waals surface area contributed by atoms with Gasteiger partial charge >= 0.3 is 0 Å². The van der Waals surface area contributed by atoms with E-state index in [9.17, 15) is 4.79 Å². The van der Waals surface area contributed by atoms with Gasteiger partial charge in [0.15, 0.2) is 0 Å². The van der Waals surface area contributed by atoms with Crippen molar-refractivity contribution in [2.45, 2.75) is 60.9 Å². The van der Waals surface area contributed by atoms with Crippen molar-refractivity contribution in [3.05, 3.63) is 0 Å². The zero-order chi connectivity index (χ0) is 14.3. The van der Waals surface area contributed by atoms with E-state index < -0.39 is 0 Å². The molecular formula is C15H30N2O. The number of amides is 1. The van der Waals surface area contributed by atoms with Crippen molar-refractivity contribution in [1.29, 1.82) is 0 Å². The fourth-order valence-electron chi connectivity index (χ4n) is 3.20. The Kier molecular flexibility index (Phi) is 4.16. The number of nitrogens with zero attached hydrogens (tertiary/aromatic N) is 2. The molecule has 1 aliphatic rings. The van der Waals surface area contributed by atoms with Gasteiger partial charge in [0.25, 0.3) is 0 Å². The van der Waals surface area contributed by atoms with Gasteiger partial charge in [-0.3, -0.25) is 9.80 Å². The molecule has 2 atom stereocenters. The molecule has 3 heteroatoms. The Morgan fingerprint density at radius 3 is 1.83 bits per heavy atom. The van der Waals surface area contributed by atoms with Crippen molar-refractivity contribution in [3.63, 3.8) is 0 Å². The highest BCUT2D eigenvalue weighted by Gasteiger charge is 2.53. The third-order valence-corrected chi connectivity index (χ3v) is 3.88. The Bertz CT molecular complexity index is 311. The lowest BCUT2D eigenvalue weighted by atomic mass is 9.69. The minimum Gasteiger partial charge on any atom is -0.275 e. The first-order valence-electron chi connectivity index (χ1n) is 7.06. The number of hydrogen-bond acceptors (Lipinski definition) is 2. The van der Waals surface area contributed by atoms with E-state index in [1.165, 1.54) is 0 Å². The van der Waals surface area contributed by atoms with Crippen molar-refractivity contribution < 1.29 is 4.79 Å². The lowest BCUT2D eigenvalue weighted by Crippen LogP contribution is -2.47. The van der Waals surface area contributed by atoms with Crippen molar-refractivity contribution in [1.82, 2.24) is 10.0 Å². The fraction of sp³-hybridized carbons (Fsp3) is 0.933. The van der Waals surface area contributed by atoms with E-state index in [2.05, 4.69) is 60.5 Å². The molecule has 1 amide bonds. The van der Waals surface area contributed by atoms with E-state index in [0.717, 1.165) is 13.0 Å². The highest BCUT2D eigenvalue weighted by molar-refractivity contribution is 5.82. The second-order valence-corrected chi connectivity index (χ2v) is 7.69. The molecule has 18 heavy (non-hydrogen) atoms. The average Bonchev–Trinajstić information content (AvgIpc) is 2.40. The molecular weight excluding hydrogens is 224 g/mol. The standard InChI is InChI=1S/C15H30N2O/c1-9-10-17-13(18)11(14(2,3)4)12(16(17)8)15(5,6)7/h11-12H,9-10H2,1-8H3. The van der Waals surface area contributed by atoms with Crippen LogP contribution in [0.4, 0.5) is 0 Å². The van der Waals surface area contributed by atoms with Crippen LogP contribution < -0.4 is 0 Å². The minimum atomic E-state index is 0.00574. The number of hydrogen-bond donors (Lipinski definition) is 0. The number of hydrazine groups is 1. The maximum Gasteiger partial charge on any atom is 0.242 e. The monoisotopic (exact) mass is 254 g/mol. The number of carbonyl (C=O) groups excluding carboxylic acids is 1. The average molecular weight is 254 g/mol. The highest BCUT2D eigenvalue weighted by Crippen LogP contribution is 2.44. The summed E-state index contributed by atoms with van der Waals surface area (Å²) in [5.41, 5.74) is 0.108. The van der Waals surface area contributed by atoms with Gasteiger partial charge in [0.1, 0.15) is 0 Å². The quantitative estimate of drug-likeness (QED) is 0.755. The SMILES string of the molecule is CCCN1C(=O)C(C(C)(C)C)C(C(C)(C)C)N1C. The second-order valence-electron chi connectivity index (χ2n) is 7.69. The first-order valence-corrected chi connectivity index (χ1v) is 7.06. The van der Waals surface area contributed by atoms with Crippen LogP contribution in [-0.2, 0) is 4.79 Å². The van der Waals surface area contributed by atoms with Crippen molar-refractivity contribution in [2.24, 2.45) is 16.7 Å². The summed E-state index contributed by atoms with van der Waals surface area (Å²) in [5, 5.41) is 4.13. The van der Waals surface area contributed by atoms with Crippen LogP contribution in [-0.4, -0.2) is 35.6 Å². The first kappa shape index (κ1) is 15.5. The zero-order valence-electron chi connectivity index (χ0n) is 13.4. The van der Waals surface area contributed by atoms with Crippen LogP contribution in [0.2, 0.25) is 0 Å². The molecule has 0 bridgehead atoms. The number of rotatable bonds is 2.